The van der Waals surface area contributed by atoms with E-state index in [2.05, 4.69) is 58.7 Å². The molecule has 0 saturated carbocycles. The van der Waals surface area contributed by atoms with Gasteiger partial charge in [0.2, 0.25) is 11.9 Å². The SMILES string of the molecule is CCC(C(=O)N1CCN(c2nc(CN3CCN(c4cc(C)ccc4C)CC3)cc(=O)[nH]2)CC1)c1ccccc1. The molecule has 2 aromatic carbocycles. The molecule has 5 rings (SSSR count). The van der Waals surface area contributed by atoms with Crippen LogP contribution in [0.1, 0.15) is 41.6 Å². The number of aromatic amines is 1. The van der Waals surface area contributed by atoms with Crippen molar-refractivity contribution < 1.29 is 4.79 Å². The smallest absolute Gasteiger partial charge is 0.252 e. The molecular weight excluding hydrogens is 488 g/mol. The summed E-state index contributed by atoms with van der Waals surface area (Å²) in [6, 6.07) is 18.3. The largest absolute Gasteiger partial charge is 0.369 e. The Morgan fingerprint density at radius 2 is 1.59 bits per heavy atom. The molecule has 1 unspecified atom stereocenters. The predicted octanol–water partition coefficient (Wildman–Crippen LogP) is 3.55. The second-order valence-electron chi connectivity index (χ2n) is 10.8. The Kier molecular flexibility index (Phi) is 8.31. The molecule has 8 heteroatoms. The first-order valence-electron chi connectivity index (χ1n) is 14.1. The van der Waals surface area contributed by atoms with Crippen LogP contribution in [0.5, 0.6) is 0 Å². The van der Waals surface area contributed by atoms with Crippen molar-refractivity contribution in [3.8, 4) is 0 Å². The minimum absolute atomic E-state index is 0.116. The Morgan fingerprint density at radius 1 is 0.897 bits per heavy atom. The molecule has 3 heterocycles. The number of nitrogens with zero attached hydrogens (tertiary/aromatic N) is 5. The van der Waals surface area contributed by atoms with Gasteiger partial charge in [-0.1, -0.05) is 49.4 Å². The summed E-state index contributed by atoms with van der Waals surface area (Å²) in [4.78, 5) is 42.5. The third kappa shape index (κ3) is 6.33. The molecule has 3 aromatic rings. The number of amides is 1. The number of nitrogens with one attached hydrogen (secondary N) is 1. The number of aryl methyl sites for hydroxylation is 2. The van der Waals surface area contributed by atoms with E-state index in [1.807, 2.05) is 35.2 Å². The third-order valence-electron chi connectivity index (χ3n) is 8.04. The summed E-state index contributed by atoms with van der Waals surface area (Å²) in [5.74, 6) is 0.668. The molecule has 0 aliphatic carbocycles. The van der Waals surface area contributed by atoms with E-state index in [4.69, 9.17) is 4.98 Å². The van der Waals surface area contributed by atoms with Gasteiger partial charge in [-0.05, 0) is 43.0 Å². The van der Waals surface area contributed by atoms with Crippen LogP contribution < -0.4 is 15.4 Å². The van der Waals surface area contributed by atoms with E-state index >= 15 is 0 Å². The molecule has 0 spiro atoms. The van der Waals surface area contributed by atoms with E-state index in [1.165, 1.54) is 16.8 Å². The Labute approximate surface area is 231 Å². The highest BCUT2D eigenvalue weighted by molar-refractivity contribution is 5.84. The van der Waals surface area contributed by atoms with E-state index in [-0.39, 0.29) is 17.4 Å². The Hall–Kier alpha value is -3.65. The van der Waals surface area contributed by atoms with Crippen LogP contribution in [0.4, 0.5) is 11.6 Å². The molecule has 2 aliphatic rings. The summed E-state index contributed by atoms with van der Waals surface area (Å²) in [7, 11) is 0. The molecule has 1 aromatic heterocycles. The fourth-order valence-corrected chi connectivity index (χ4v) is 5.76. The van der Waals surface area contributed by atoms with Gasteiger partial charge in [0.1, 0.15) is 0 Å². The van der Waals surface area contributed by atoms with Gasteiger partial charge < -0.3 is 14.7 Å². The monoisotopic (exact) mass is 528 g/mol. The van der Waals surface area contributed by atoms with Crippen LogP contribution in [-0.2, 0) is 11.3 Å². The maximum Gasteiger partial charge on any atom is 0.252 e. The van der Waals surface area contributed by atoms with Gasteiger partial charge in [0.15, 0.2) is 0 Å². The number of rotatable bonds is 7. The molecule has 0 radical (unpaired) electrons. The van der Waals surface area contributed by atoms with Gasteiger partial charge in [0.25, 0.3) is 5.56 Å². The van der Waals surface area contributed by atoms with Gasteiger partial charge in [0, 0.05) is 70.7 Å². The molecule has 2 aliphatic heterocycles. The van der Waals surface area contributed by atoms with Crippen molar-refractivity contribution in [2.75, 3.05) is 62.2 Å². The number of anilines is 2. The lowest BCUT2D eigenvalue weighted by Gasteiger charge is -2.37. The zero-order valence-electron chi connectivity index (χ0n) is 23.4. The maximum absolute atomic E-state index is 13.3. The van der Waals surface area contributed by atoms with Crippen LogP contribution in [0, 0.1) is 13.8 Å². The highest BCUT2D eigenvalue weighted by Gasteiger charge is 2.28. The lowest BCUT2D eigenvalue weighted by Crippen LogP contribution is -2.50. The number of carbonyl (C=O) groups excluding carboxylic acids is 1. The van der Waals surface area contributed by atoms with E-state index < -0.39 is 0 Å². The summed E-state index contributed by atoms with van der Waals surface area (Å²) >= 11 is 0. The minimum Gasteiger partial charge on any atom is -0.369 e. The molecule has 39 heavy (non-hydrogen) atoms. The number of aromatic nitrogens is 2. The van der Waals surface area contributed by atoms with Crippen LogP contribution in [-0.4, -0.2) is 78.0 Å². The van der Waals surface area contributed by atoms with E-state index in [1.54, 1.807) is 6.07 Å². The molecule has 0 bridgehead atoms. The van der Waals surface area contributed by atoms with Gasteiger partial charge in [0.05, 0.1) is 11.6 Å². The maximum atomic E-state index is 13.3. The van der Waals surface area contributed by atoms with Crippen molar-refractivity contribution in [3.05, 3.63) is 87.3 Å². The van der Waals surface area contributed by atoms with E-state index in [0.717, 1.165) is 43.9 Å². The summed E-state index contributed by atoms with van der Waals surface area (Å²) in [6.07, 6.45) is 0.777. The minimum atomic E-state index is -0.127. The highest BCUT2D eigenvalue weighted by atomic mass is 16.2. The fourth-order valence-electron chi connectivity index (χ4n) is 5.76. The topological polar surface area (TPSA) is 75.8 Å². The van der Waals surface area contributed by atoms with Crippen molar-refractivity contribution >= 4 is 17.5 Å². The standard InChI is InChI=1S/C31H40N6O2/c1-4-27(25-8-6-5-7-9-25)30(39)36-16-18-37(19-17-36)31-32-26(21-29(38)33-31)22-34-12-14-35(15-13-34)28-20-23(2)10-11-24(28)3/h5-11,20-21,27H,4,12-19,22H2,1-3H3,(H,32,33,38). The first-order chi connectivity index (χ1) is 18.9. The van der Waals surface area contributed by atoms with Gasteiger partial charge >= 0.3 is 0 Å². The van der Waals surface area contributed by atoms with Crippen molar-refractivity contribution in [1.29, 1.82) is 0 Å². The zero-order valence-corrected chi connectivity index (χ0v) is 23.4. The number of hydrogen-bond donors (Lipinski definition) is 1. The molecule has 1 amide bonds. The second-order valence-corrected chi connectivity index (χ2v) is 10.8. The lowest BCUT2D eigenvalue weighted by atomic mass is 9.95. The van der Waals surface area contributed by atoms with Gasteiger partial charge in [-0.25, -0.2) is 4.98 Å². The van der Waals surface area contributed by atoms with Gasteiger partial charge in [-0.15, -0.1) is 0 Å². The van der Waals surface area contributed by atoms with Gasteiger partial charge in [-0.2, -0.15) is 0 Å². The predicted molar refractivity (Wildman–Crippen MR) is 157 cm³/mol. The van der Waals surface area contributed by atoms with Gasteiger partial charge in [-0.3, -0.25) is 19.5 Å². The van der Waals surface area contributed by atoms with E-state index in [0.29, 0.717) is 38.7 Å². The highest BCUT2D eigenvalue weighted by Crippen LogP contribution is 2.25. The van der Waals surface area contributed by atoms with Crippen molar-refractivity contribution in [2.45, 2.75) is 39.7 Å². The van der Waals surface area contributed by atoms with Crippen LogP contribution >= 0.6 is 0 Å². The average molecular weight is 529 g/mol. The molecular formula is C31H40N6O2. The number of H-pyrrole nitrogens is 1. The fraction of sp³-hybridized carbons (Fsp3) is 0.452. The molecule has 1 atom stereocenters. The van der Waals surface area contributed by atoms with Crippen LogP contribution in [0.3, 0.4) is 0 Å². The van der Waals surface area contributed by atoms with E-state index in [9.17, 15) is 9.59 Å². The first kappa shape index (κ1) is 26.9. The Balaban J connectivity index is 1.18. The number of hydrogen-bond acceptors (Lipinski definition) is 6. The summed E-state index contributed by atoms with van der Waals surface area (Å²) in [6.45, 7) is 13.3. The van der Waals surface area contributed by atoms with Crippen molar-refractivity contribution in [1.82, 2.24) is 19.8 Å². The van der Waals surface area contributed by atoms with Crippen LogP contribution in [0.15, 0.2) is 59.4 Å². The average Bonchev–Trinajstić information content (AvgIpc) is 2.95. The number of piperazine rings is 2. The molecule has 206 valence electrons. The summed E-state index contributed by atoms with van der Waals surface area (Å²) in [5, 5.41) is 0. The number of benzene rings is 2. The first-order valence-corrected chi connectivity index (χ1v) is 14.1. The molecule has 8 nitrogen and oxygen atoms in total. The Bertz CT molecular complexity index is 1320. The normalized spacial score (nSPS) is 17.4. The zero-order chi connectivity index (χ0) is 27.4. The van der Waals surface area contributed by atoms with Crippen LogP contribution in [0.25, 0.3) is 0 Å². The summed E-state index contributed by atoms with van der Waals surface area (Å²) < 4.78 is 0. The summed E-state index contributed by atoms with van der Waals surface area (Å²) in [5.41, 5.74) is 5.64. The lowest BCUT2D eigenvalue weighted by molar-refractivity contribution is -0.133. The van der Waals surface area contributed by atoms with Crippen LogP contribution in [0.2, 0.25) is 0 Å². The quantitative estimate of drug-likeness (QED) is 0.506. The van der Waals surface area contributed by atoms with Crippen molar-refractivity contribution in [3.63, 3.8) is 0 Å². The molecule has 2 saturated heterocycles. The molecule has 2 fully saturated rings. The molecule has 1 N–H and O–H groups in total. The second kappa shape index (κ2) is 12.0. The number of carbonyl (C=O) groups is 1. The van der Waals surface area contributed by atoms with Crippen molar-refractivity contribution in [2.24, 2.45) is 0 Å². The third-order valence-corrected chi connectivity index (χ3v) is 8.04. The Morgan fingerprint density at radius 3 is 2.28 bits per heavy atom.